The van der Waals surface area contributed by atoms with E-state index in [4.69, 9.17) is 16.3 Å². The van der Waals surface area contributed by atoms with Crippen LogP contribution < -0.4 is 10.6 Å². The molecule has 6 nitrogen and oxygen atoms in total. The molecule has 2 amide bonds. The summed E-state index contributed by atoms with van der Waals surface area (Å²) in [4.78, 5) is 29.6. The minimum atomic E-state index is -1.26. The molecule has 180 valence electrons. The van der Waals surface area contributed by atoms with Crippen LogP contribution in [-0.2, 0) is 22.6 Å². The number of carbonyl (C=O) groups is 2. The van der Waals surface area contributed by atoms with Crippen LogP contribution in [0.25, 0.3) is 10.9 Å². The molecule has 35 heavy (non-hydrogen) atoms. The summed E-state index contributed by atoms with van der Waals surface area (Å²) in [6.07, 6.45) is 1.47. The molecule has 3 N–H and O–H groups in total. The fraction of sp³-hybridized carbons (Fsp3) is 0.214. The Morgan fingerprint density at radius 1 is 1.00 bits per heavy atom. The zero-order valence-corrected chi connectivity index (χ0v) is 20.4. The summed E-state index contributed by atoms with van der Waals surface area (Å²) in [5.41, 5.74) is 2.40. The highest BCUT2D eigenvalue weighted by molar-refractivity contribution is 6.30. The predicted molar refractivity (Wildman–Crippen MR) is 138 cm³/mol. The molecule has 0 saturated carbocycles. The SMILES string of the molecule is C[C@@H](NC(=O)[C@@](C)(Cc1c[nH]c2ccccc12)NC(=O)OCc1ccc(Cl)cc1)c1ccccc1. The van der Waals surface area contributed by atoms with Crippen molar-refractivity contribution in [3.63, 3.8) is 0 Å². The summed E-state index contributed by atoms with van der Waals surface area (Å²) in [6, 6.07) is 24.3. The highest BCUT2D eigenvalue weighted by atomic mass is 35.5. The number of hydrogen-bond donors (Lipinski definition) is 3. The van der Waals surface area contributed by atoms with Gasteiger partial charge in [0, 0.05) is 28.5 Å². The standard InChI is InChI=1S/C28H28ClN3O3/c1-19(21-8-4-3-5-9-21)31-26(33)28(2,16-22-17-30-25-11-7-6-10-24(22)25)32-27(34)35-18-20-12-14-23(29)15-13-20/h3-15,17,19,30H,16,18H2,1-2H3,(H,31,33)(H,32,34)/t19-,28-/m1/s1. The number of benzene rings is 3. The number of amides is 2. The van der Waals surface area contributed by atoms with Crippen LogP contribution >= 0.6 is 11.6 Å². The molecule has 0 fully saturated rings. The van der Waals surface area contributed by atoms with Gasteiger partial charge in [-0.3, -0.25) is 4.79 Å². The number of H-pyrrole nitrogens is 1. The van der Waals surface area contributed by atoms with E-state index in [-0.39, 0.29) is 25.0 Å². The van der Waals surface area contributed by atoms with E-state index in [0.717, 1.165) is 27.6 Å². The van der Waals surface area contributed by atoms with Crippen molar-refractivity contribution in [1.82, 2.24) is 15.6 Å². The van der Waals surface area contributed by atoms with E-state index < -0.39 is 11.6 Å². The van der Waals surface area contributed by atoms with Crippen LogP contribution in [0.1, 0.15) is 36.6 Å². The van der Waals surface area contributed by atoms with Gasteiger partial charge >= 0.3 is 6.09 Å². The number of aromatic nitrogens is 1. The summed E-state index contributed by atoms with van der Waals surface area (Å²) in [6.45, 7) is 3.69. The van der Waals surface area contributed by atoms with E-state index in [1.165, 1.54) is 0 Å². The van der Waals surface area contributed by atoms with E-state index in [0.29, 0.717) is 5.02 Å². The second-order valence-electron chi connectivity index (χ2n) is 8.80. The normalized spacial score (nSPS) is 13.6. The smallest absolute Gasteiger partial charge is 0.408 e. The van der Waals surface area contributed by atoms with E-state index in [2.05, 4.69) is 15.6 Å². The molecule has 0 aliphatic carbocycles. The molecule has 0 saturated heterocycles. The van der Waals surface area contributed by atoms with E-state index in [1.54, 1.807) is 31.2 Å². The molecule has 7 heteroatoms. The van der Waals surface area contributed by atoms with Gasteiger partial charge in [-0.15, -0.1) is 0 Å². The quantitative estimate of drug-likeness (QED) is 0.287. The summed E-state index contributed by atoms with van der Waals surface area (Å²) in [5.74, 6) is -0.303. The molecule has 0 aliphatic rings. The Morgan fingerprint density at radius 2 is 1.69 bits per heavy atom. The van der Waals surface area contributed by atoms with E-state index in [9.17, 15) is 9.59 Å². The zero-order chi connectivity index (χ0) is 24.8. The van der Waals surface area contributed by atoms with Gasteiger partial charge in [0.1, 0.15) is 12.1 Å². The molecule has 1 heterocycles. The van der Waals surface area contributed by atoms with Crippen LogP contribution in [0.15, 0.2) is 85.1 Å². The lowest BCUT2D eigenvalue weighted by atomic mass is 9.91. The Balaban J connectivity index is 1.53. The molecule has 4 aromatic rings. The fourth-order valence-electron chi connectivity index (χ4n) is 4.01. The molecule has 2 atom stereocenters. The van der Waals surface area contributed by atoms with Gasteiger partial charge in [0.05, 0.1) is 6.04 Å². The van der Waals surface area contributed by atoms with Gasteiger partial charge in [0.25, 0.3) is 0 Å². The van der Waals surface area contributed by atoms with Gasteiger partial charge in [-0.2, -0.15) is 0 Å². The Hall–Kier alpha value is -3.77. The molecule has 0 spiro atoms. The van der Waals surface area contributed by atoms with Crippen molar-refractivity contribution < 1.29 is 14.3 Å². The monoisotopic (exact) mass is 489 g/mol. The molecular weight excluding hydrogens is 462 g/mol. The molecule has 0 aliphatic heterocycles. The first kappa shape index (κ1) is 24.4. The molecule has 0 bridgehead atoms. The van der Waals surface area contributed by atoms with Crippen molar-refractivity contribution in [3.8, 4) is 0 Å². The number of halogens is 1. The average molecular weight is 490 g/mol. The van der Waals surface area contributed by atoms with Crippen LogP contribution in [-0.4, -0.2) is 22.5 Å². The number of aromatic amines is 1. The number of ether oxygens (including phenoxy) is 1. The first-order valence-electron chi connectivity index (χ1n) is 11.4. The van der Waals surface area contributed by atoms with Crippen LogP contribution in [0.3, 0.4) is 0 Å². The maximum atomic E-state index is 13.6. The highest BCUT2D eigenvalue weighted by Crippen LogP contribution is 2.24. The summed E-state index contributed by atoms with van der Waals surface area (Å²) < 4.78 is 5.43. The van der Waals surface area contributed by atoms with Gasteiger partial charge in [-0.05, 0) is 48.7 Å². The largest absolute Gasteiger partial charge is 0.445 e. The van der Waals surface area contributed by atoms with Gasteiger partial charge in [-0.1, -0.05) is 72.3 Å². The van der Waals surface area contributed by atoms with Crippen molar-refractivity contribution in [2.45, 2.75) is 38.5 Å². The third-order valence-corrected chi connectivity index (χ3v) is 6.28. The molecule has 4 rings (SSSR count). The number of fused-ring (bicyclic) bond motifs is 1. The summed E-state index contributed by atoms with van der Waals surface area (Å²) in [5, 5.41) is 7.47. The lowest BCUT2D eigenvalue weighted by molar-refractivity contribution is -0.127. The van der Waals surface area contributed by atoms with Crippen LogP contribution in [0.2, 0.25) is 5.02 Å². The first-order valence-corrected chi connectivity index (χ1v) is 11.8. The third kappa shape index (κ3) is 6.03. The van der Waals surface area contributed by atoms with Crippen molar-refractivity contribution >= 4 is 34.5 Å². The molecule has 0 unspecified atom stereocenters. The number of para-hydroxylation sites is 1. The minimum Gasteiger partial charge on any atom is -0.445 e. The van der Waals surface area contributed by atoms with Gasteiger partial charge in [-0.25, -0.2) is 4.79 Å². The molecule has 3 aromatic carbocycles. The number of rotatable bonds is 8. The Bertz CT molecular complexity index is 1300. The Morgan fingerprint density at radius 3 is 2.43 bits per heavy atom. The van der Waals surface area contributed by atoms with Crippen molar-refractivity contribution in [1.29, 1.82) is 0 Å². The molecule has 1 aromatic heterocycles. The number of nitrogens with one attached hydrogen (secondary N) is 3. The maximum absolute atomic E-state index is 13.6. The van der Waals surface area contributed by atoms with Crippen LogP contribution in [0.5, 0.6) is 0 Å². The summed E-state index contributed by atoms with van der Waals surface area (Å²) in [7, 11) is 0. The number of hydrogen-bond acceptors (Lipinski definition) is 3. The minimum absolute atomic E-state index is 0.0637. The van der Waals surface area contributed by atoms with Crippen LogP contribution in [0, 0.1) is 0 Å². The number of carbonyl (C=O) groups excluding carboxylic acids is 2. The predicted octanol–water partition coefficient (Wildman–Crippen LogP) is 5.93. The first-order chi connectivity index (χ1) is 16.8. The number of alkyl carbamates (subject to hydrolysis) is 1. The van der Waals surface area contributed by atoms with Crippen molar-refractivity contribution in [2.24, 2.45) is 0 Å². The van der Waals surface area contributed by atoms with Gasteiger partial charge in [0.2, 0.25) is 5.91 Å². The van der Waals surface area contributed by atoms with E-state index >= 15 is 0 Å². The Labute approximate surface area is 209 Å². The van der Waals surface area contributed by atoms with Crippen molar-refractivity contribution in [2.75, 3.05) is 0 Å². The van der Waals surface area contributed by atoms with Gasteiger partial charge < -0.3 is 20.4 Å². The second-order valence-corrected chi connectivity index (χ2v) is 9.24. The Kier molecular flexibility index (Phi) is 7.42. The second kappa shape index (κ2) is 10.7. The lowest BCUT2D eigenvalue weighted by Gasteiger charge is -2.31. The fourth-order valence-corrected chi connectivity index (χ4v) is 4.14. The van der Waals surface area contributed by atoms with Crippen molar-refractivity contribution in [3.05, 3.63) is 107 Å². The third-order valence-electron chi connectivity index (χ3n) is 6.03. The summed E-state index contributed by atoms with van der Waals surface area (Å²) >= 11 is 5.92. The van der Waals surface area contributed by atoms with Crippen LogP contribution in [0.4, 0.5) is 4.79 Å². The highest BCUT2D eigenvalue weighted by Gasteiger charge is 2.37. The maximum Gasteiger partial charge on any atom is 0.408 e. The topological polar surface area (TPSA) is 83.2 Å². The molecular formula is C28H28ClN3O3. The van der Waals surface area contributed by atoms with Gasteiger partial charge in [0.15, 0.2) is 0 Å². The molecule has 0 radical (unpaired) electrons. The lowest BCUT2D eigenvalue weighted by Crippen LogP contribution is -2.58. The zero-order valence-electron chi connectivity index (χ0n) is 19.7. The average Bonchev–Trinajstić information content (AvgIpc) is 3.26. The van der Waals surface area contributed by atoms with E-state index in [1.807, 2.05) is 67.7 Å².